The van der Waals surface area contributed by atoms with Crippen LogP contribution >= 0.6 is 0 Å². The van der Waals surface area contributed by atoms with Gasteiger partial charge in [-0.15, -0.1) is 6.58 Å². The maximum absolute atomic E-state index is 5.70. The fourth-order valence-corrected chi connectivity index (χ4v) is 4.22. The summed E-state index contributed by atoms with van der Waals surface area (Å²) >= 11 is 0. The highest BCUT2D eigenvalue weighted by molar-refractivity contribution is 5.29. The standard InChI is InChI=1S/C27H34O/c1-3-5-6-20-28-21-23-10-14-25(15-11-23)27-18-16-26(17-19-27)24-12-8-22(7-4-2)9-13-24/h4-6,8-15,26-27H,2-3,7,16-21H2,1H3/b6-5+/t26-,27-. The molecule has 0 amide bonds. The molecular weight excluding hydrogens is 340 g/mol. The molecular formula is C27H34O. The zero-order valence-corrected chi connectivity index (χ0v) is 17.3. The van der Waals surface area contributed by atoms with Crippen molar-refractivity contribution in [2.24, 2.45) is 0 Å². The van der Waals surface area contributed by atoms with Crippen LogP contribution < -0.4 is 0 Å². The van der Waals surface area contributed by atoms with Crippen LogP contribution in [0.1, 0.15) is 73.1 Å². The molecule has 0 saturated heterocycles. The number of ether oxygens (including phenoxy) is 1. The predicted octanol–water partition coefficient (Wildman–Crippen LogP) is 7.34. The molecule has 1 nitrogen and oxygen atoms in total. The van der Waals surface area contributed by atoms with Crippen LogP contribution in [-0.2, 0) is 17.8 Å². The van der Waals surface area contributed by atoms with Crippen molar-refractivity contribution >= 4 is 0 Å². The van der Waals surface area contributed by atoms with Gasteiger partial charge in [-0.05, 0) is 72.6 Å². The van der Waals surface area contributed by atoms with Crippen molar-refractivity contribution in [1.82, 2.24) is 0 Å². The van der Waals surface area contributed by atoms with Gasteiger partial charge in [0.1, 0.15) is 0 Å². The first-order valence-electron chi connectivity index (χ1n) is 10.8. The summed E-state index contributed by atoms with van der Waals surface area (Å²) < 4.78 is 5.70. The minimum Gasteiger partial charge on any atom is -0.373 e. The first kappa shape index (κ1) is 20.6. The Bertz CT molecular complexity index is 731. The second-order valence-electron chi connectivity index (χ2n) is 7.92. The Morgan fingerprint density at radius 1 is 0.821 bits per heavy atom. The monoisotopic (exact) mass is 374 g/mol. The summed E-state index contributed by atoms with van der Waals surface area (Å²) in [7, 11) is 0. The van der Waals surface area contributed by atoms with E-state index in [0.717, 1.165) is 18.8 Å². The van der Waals surface area contributed by atoms with Crippen molar-refractivity contribution in [3.63, 3.8) is 0 Å². The van der Waals surface area contributed by atoms with Crippen LogP contribution in [0.15, 0.2) is 73.3 Å². The van der Waals surface area contributed by atoms with E-state index >= 15 is 0 Å². The number of hydrogen-bond donors (Lipinski definition) is 0. The second kappa shape index (κ2) is 11.0. The molecule has 0 atom stereocenters. The summed E-state index contributed by atoms with van der Waals surface area (Å²) in [4.78, 5) is 0. The highest BCUT2D eigenvalue weighted by atomic mass is 16.5. The lowest BCUT2D eigenvalue weighted by Crippen LogP contribution is -2.12. The first-order valence-corrected chi connectivity index (χ1v) is 10.8. The number of allylic oxidation sites excluding steroid dienone is 2. The van der Waals surface area contributed by atoms with Gasteiger partial charge in [-0.1, -0.05) is 73.7 Å². The molecule has 2 aromatic rings. The quantitative estimate of drug-likeness (QED) is 0.329. The number of benzene rings is 2. The summed E-state index contributed by atoms with van der Waals surface area (Å²) in [6.45, 7) is 7.37. The van der Waals surface area contributed by atoms with Crippen LogP contribution in [0.25, 0.3) is 0 Å². The third-order valence-electron chi connectivity index (χ3n) is 5.89. The topological polar surface area (TPSA) is 9.23 Å². The minimum absolute atomic E-state index is 0.697. The van der Waals surface area contributed by atoms with E-state index in [1.54, 1.807) is 0 Å². The van der Waals surface area contributed by atoms with Crippen LogP contribution in [-0.4, -0.2) is 6.61 Å². The van der Waals surface area contributed by atoms with Gasteiger partial charge in [0.2, 0.25) is 0 Å². The van der Waals surface area contributed by atoms with Gasteiger partial charge >= 0.3 is 0 Å². The van der Waals surface area contributed by atoms with Crippen LogP contribution in [0.4, 0.5) is 0 Å². The third-order valence-corrected chi connectivity index (χ3v) is 5.89. The molecule has 28 heavy (non-hydrogen) atoms. The van der Waals surface area contributed by atoms with Gasteiger partial charge in [-0.2, -0.15) is 0 Å². The van der Waals surface area contributed by atoms with Crippen molar-refractivity contribution in [3.05, 3.63) is 95.6 Å². The predicted molar refractivity (Wildman–Crippen MR) is 120 cm³/mol. The number of hydrogen-bond acceptors (Lipinski definition) is 1. The summed E-state index contributed by atoms with van der Waals surface area (Å²) in [5.41, 5.74) is 5.63. The van der Waals surface area contributed by atoms with Crippen LogP contribution in [0, 0.1) is 0 Å². The van der Waals surface area contributed by atoms with Gasteiger partial charge < -0.3 is 4.74 Å². The van der Waals surface area contributed by atoms with Crippen LogP contribution in [0.3, 0.4) is 0 Å². The van der Waals surface area contributed by atoms with E-state index in [9.17, 15) is 0 Å². The fourth-order valence-electron chi connectivity index (χ4n) is 4.22. The molecule has 1 heteroatoms. The van der Waals surface area contributed by atoms with E-state index in [1.807, 2.05) is 6.08 Å². The molecule has 1 saturated carbocycles. The van der Waals surface area contributed by atoms with Crippen molar-refractivity contribution in [1.29, 1.82) is 0 Å². The van der Waals surface area contributed by atoms with Crippen LogP contribution in [0.5, 0.6) is 0 Å². The van der Waals surface area contributed by atoms with Crippen molar-refractivity contribution in [2.75, 3.05) is 6.61 Å². The molecule has 148 valence electrons. The summed E-state index contributed by atoms with van der Waals surface area (Å²) in [6.07, 6.45) is 13.4. The Kier molecular flexibility index (Phi) is 8.11. The Hall–Kier alpha value is -2.12. The second-order valence-corrected chi connectivity index (χ2v) is 7.92. The van der Waals surface area contributed by atoms with Gasteiger partial charge in [0.05, 0.1) is 13.2 Å². The molecule has 0 radical (unpaired) electrons. The fraction of sp³-hybridized carbons (Fsp3) is 0.407. The van der Waals surface area contributed by atoms with E-state index in [2.05, 4.69) is 74.2 Å². The molecule has 0 N–H and O–H groups in total. The van der Waals surface area contributed by atoms with Gasteiger partial charge in [0, 0.05) is 0 Å². The van der Waals surface area contributed by atoms with E-state index in [4.69, 9.17) is 4.74 Å². The van der Waals surface area contributed by atoms with Crippen molar-refractivity contribution in [2.45, 2.75) is 63.9 Å². The average molecular weight is 375 g/mol. The largest absolute Gasteiger partial charge is 0.373 e. The lowest BCUT2D eigenvalue weighted by atomic mass is 9.76. The zero-order valence-electron chi connectivity index (χ0n) is 17.3. The summed E-state index contributed by atoms with van der Waals surface area (Å²) in [5.74, 6) is 1.43. The van der Waals surface area contributed by atoms with E-state index in [0.29, 0.717) is 19.1 Å². The van der Waals surface area contributed by atoms with Gasteiger partial charge in [0.25, 0.3) is 0 Å². The minimum atomic E-state index is 0.697. The summed E-state index contributed by atoms with van der Waals surface area (Å²) in [5, 5.41) is 0. The maximum Gasteiger partial charge on any atom is 0.0721 e. The molecule has 0 spiro atoms. The molecule has 0 aliphatic heterocycles. The normalized spacial score (nSPS) is 19.8. The maximum atomic E-state index is 5.70. The Labute approximate surface area is 171 Å². The number of rotatable bonds is 9. The highest BCUT2D eigenvalue weighted by Crippen LogP contribution is 2.40. The molecule has 3 rings (SSSR count). The molecule has 0 unspecified atom stereocenters. The molecule has 0 bridgehead atoms. The molecule has 0 heterocycles. The van der Waals surface area contributed by atoms with E-state index < -0.39 is 0 Å². The molecule has 2 aromatic carbocycles. The van der Waals surface area contributed by atoms with E-state index in [-0.39, 0.29) is 0 Å². The first-order chi connectivity index (χ1) is 13.8. The zero-order chi connectivity index (χ0) is 19.6. The lowest BCUT2D eigenvalue weighted by Gasteiger charge is -2.29. The molecule has 0 aromatic heterocycles. The molecule has 1 fully saturated rings. The molecule has 1 aliphatic carbocycles. The van der Waals surface area contributed by atoms with Crippen LogP contribution in [0.2, 0.25) is 0 Å². The smallest absolute Gasteiger partial charge is 0.0721 e. The summed E-state index contributed by atoms with van der Waals surface area (Å²) in [6, 6.07) is 18.3. The Balaban J connectivity index is 1.47. The third kappa shape index (κ3) is 5.94. The van der Waals surface area contributed by atoms with Gasteiger partial charge in [-0.3, -0.25) is 0 Å². The van der Waals surface area contributed by atoms with Crippen molar-refractivity contribution < 1.29 is 4.74 Å². The Morgan fingerprint density at radius 3 is 1.86 bits per heavy atom. The average Bonchev–Trinajstić information content (AvgIpc) is 2.75. The van der Waals surface area contributed by atoms with Crippen molar-refractivity contribution in [3.8, 4) is 0 Å². The van der Waals surface area contributed by atoms with Gasteiger partial charge in [-0.25, -0.2) is 0 Å². The van der Waals surface area contributed by atoms with E-state index in [1.165, 1.54) is 47.9 Å². The Morgan fingerprint density at radius 2 is 1.36 bits per heavy atom. The van der Waals surface area contributed by atoms with Gasteiger partial charge in [0.15, 0.2) is 0 Å². The molecule has 1 aliphatic rings. The lowest BCUT2D eigenvalue weighted by molar-refractivity contribution is 0.148. The SMILES string of the molecule is C=CCc1ccc([C@H]2CC[C@H](c3ccc(COC/C=C/CC)cc3)CC2)cc1. The highest BCUT2D eigenvalue weighted by Gasteiger charge is 2.23.